The van der Waals surface area contributed by atoms with Crippen molar-refractivity contribution >= 4 is 34.8 Å². The predicted octanol–water partition coefficient (Wildman–Crippen LogP) is 3.34. The van der Waals surface area contributed by atoms with Gasteiger partial charge in [0.15, 0.2) is 0 Å². The van der Waals surface area contributed by atoms with Gasteiger partial charge in [0.2, 0.25) is 11.9 Å². The molecule has 3 aromatic rings. The van der Waals surface area contributed by atoms with Crippen molar-refractivity contribution in [1.29, 1.82) is 0 Å². The van der Waals surface area contributed by atoms with Gasteiger partial charge in [0, 0.05) is 48.0 Å². The minimum atomic E-state index is -0.199. The predicted molar refractivity (Wildman–Crippen MR) is 115 cm³/mol. The lowest BCUT2D eigenvalue weighted by Crippen LogP contribution is -2.29. The van der Waals surface area contributed by atoms with Gasteiger partial charge >= 0.3 is 0 Å². The molecular weight excluding hydrogens is 386 g/mol. The molecule has 0 atom stereocenters. The van der Waals surface area contributed by atoms with Crippen LogP contribution in [0.1, 0.15) is 28.1 Å². The van der Waals surface area contributed by atoms with Crippen LogP contribution in [0.25, 0.3) is 0 Å². The molecule has 3 rings (SSSR count). The fourth-order valence-corrected chi connectivity index (χ4v) is 3.43. The zero-order valence-corrected chi connectivity index (χ0v) is 16.7. The van der Waals surface area contributed by atoms with Gasteiger partial charge in [-0.1, -0.05) is 12.1 Å². The standard InChI is InChI=1S/C21H23N5O2S/c27-19(9-2-7-18-8-3-14-29-18)26-17-6-1-5-16(15-17)20(28)22-12-13-25-21-23-10-4-11-24-21/h1,3-6,8,10-11,14-15H,2,7,9,12-13H2,(H,22,28)(H,26,27)(H,23,24,25). The molecule has 0 unspecified atom stereocenters. The second-order valence-electron chi connectivity index (χ2n) is 6.32. The quantitative estimate of drug-likeness (QED) is 0.446. The summed E-state index contributed by atoms with van der Waals surface area (Å²) in [5.74, 6) is 0.270. The second kappa shape index (κ2) is 10.9. The van der Waals surface area contributed by atoms with Crippen molar-refractivity contribution in [2.24, 2.45) is 0 Å². The van der Waals surface area contributed by atoms with Crippen molar-refractivity contribution in [3.8, 4) is 0 Å². The van der Waals surface area contributed by atoms with Crippen LogP contribution >= 0.6 is 11.3 Å². The van der Waals surface area contributed by atoms with Crippen LogP contribution in [0, 0.1) is 0 Å². The Labute approximate surface area is 173 Å². The van der Waals surface area contributed by atoms with Crippen molar-refractivity contribution < 1.29 is 9.59 Å². The van der Waals surface area contributed by atoms with E-state index in [0.717, 1.165) is 12.8 Å². The molecule has 0 bridgehead atoms. The number of nitrogens with one attached hydrogen (secondary N) is 3. The van der Waals surface area contributed by atoms with E-state index in [0.29, 0.717) is 36.7 Å². The third kappa shape index (κ3) is 7.00. The van der Waals surface area contributed by atoms with E-state index in [-0.39, 0.29) is 11.8 Å². The van der Waals surface area contributed by atoms with Crippen molar-refractivity contribution in [3.63, 3.8) is 0 Å². The number of nitrogens with zero attached hydrogens (tertiary/aromatic N) is 2. The molecule has 2 heterocycles. The van der Waals surface area contributed by atoms with Crippen LogP contribution < -0.4 is 16.0 Å². The Morgan fingerprint density at radius 2 is 1.86 bits per heavy atom. The number of carbonyl (C=O) groups is 2. The summed E-state index contributed by atoms with van der Waals surface area (Å²) in [7, 11) is 0. The van der Waals surface area contributed by atoms with E-state index in [1.807, 2.05) is 11.4 Å². The summed E-state index contributed by atoms with van der Waals surface area (Å²) in [6, 6.07) is 12.8. The molecule has 0 aliphatic rings. The highest BCUT2D eigenvalue weighted by atomic mass is 32.1. The van der Waals surface area contributed by atoms with Crippen LogP contribution in [0.4, 0.5) is 11.6 Å². The van der Waals surface area contributed by atoms with Gasteiger partial charge in [0.1, 0.15) is 0 Å². The fourth-order valence-electron chi connectivity index (χ4n) is 2.68. The third-order valence-electron chi connectivity index (χ3n) is 4.08. The van der Waals surface area contributed by atoms with Crippen molar-refractivity contribution in [3.05, 3.63) is 70.7 Å². The number of carbonyl (C=O) groups excluding carboxylic acids is 2. The topological polar surface area (TPSA) is 96.0 Å². The smallest absolute Gasteiger partial charge is 0.251 e. The van der Waals surface area contributed by atoms with E-state index in [1.54, 1.807) is 54.1 Å². The molecule has 0 saturated heterocycles. The largest absolute Gasteiger partial charge is 0.352 e. The first kappa shape index (κ1) is 20.5. The number of aromatic nitrogens is 2. The van der Waals surface area contributed by atoms with Gasteiger partial charge < -0.3 is 16.0 Å². The minimum Gasteiger partial charge on any atom is -0.352 e. The number of rotatable bonds is 10. The molecule has 2 amide bonds. The SMILES string of the molecule is O=C(CCCc1cccs1)Nc1cccc(C(=O)NCCNc2ncccn2)c1. The lowest BCUT2D eigenvalue weighted by molar-refractivity contribution is -0.116. The van der Waals surface area contributed by atoms with E-state index in [9.17, 15) is 9.59 Å². The normalized spacial score (nSPS) is 10.3. The van der Waals surface area contributed by atoms with E-state index in [4.69, 9.17) is 0 Å². The van der Waals surface area contributed by atoms with Gasteiger partial charge in [0.25, 0.3) is 5.91 Å². The first-order valence-corrected chi connectivity index (χ1v) is 10.3. The highest BCUT2D eigenvalue weighted by molar-refractivity contribution is 7.09. The highest BCUT2D eigenvalue weighted by Crippen LogP contribution is 2.14. The number of anilines is 2. The first-order valence-electron chi connectivity index (χ1n) is 9.42. The molecule has 2 aromatic heterocycles. The molecule has 7 nitrogen and oxygen atoms in total. The molecule has 150 valence electrons. The van der Waals surface area contributed by atoms with Crippen LogP contribution in [-0.2, 0) is 11.2 Å². The maximum atomic E-state index is 12.3. The molecule has 8 heteroatoms. The Morgan fingerprint density at radius 3 is 2.66 bits per heavy atom. The van der Waals surface area contributed by atoms with Crippen molar-refractivity contribution in [2.75, 3.05) is 23.7 Å². The summed E-state index contributed by atoms with van der Waals surface area (Å²) >= 11 is 1.70. The summed E-state index contributed by atoms with van der Waals surface area (Å²) in [4.78, 5) is 33.8. The molecule has 0 fully saturated rings. The van der Waals surface area contributed by atoms with Crippen LogP contribution in [0.5, 0.6) is 0 Å². The molecule has 0 spiro atoms. The number of benzene rings is 1. The lowest BCUT2D eigenvalue weighted by Gasteiger charge is -2.09. The van der Waals surface area contributed by atoms with Gasteiger partial charge in [-0.2, -0.15) is 0 Å². The molecule has 29 heavy (non-hydrogen) atoms. The van der Waals surface area contributed by atoms with E-state index in [1.165, 1.54) is 4.88 Å². The Bertz CT molecular complexity index is 916. The molecule has 0 saturated carbocycles. The second-order valence-corrected chi connectivity index (χ2v) is 7.35. The molecule has 3 N–H and O–H groups in total. The van der Waals surface area contributed by atoms with E-state index in [2.05, 4.69) is 32.0 Å². The Morgan fingerprint density at radius 1 is 1.00 bits per heavy atom. The highest BCUT2D eigenvalue weighted by Gasteiger charge is 2.08. The third-order valence-corrected chi connectivity index (χ3v) is 5.01. The zero-order valence-electron chi connectivity index (χ0n) is 15.9. The van der Waals surface area contributed by atoms with Gasteiger partial charge in [-0.15, -0.1) is 11.3 Å². The van der Waals surface area contributed by atoms with Crippen LogP contribution in [0.2, 0.25) is 0 Å². The zero-order chi connectivity index (χ0) is 20.3. The lowest BCUT2D eigenvalue weighted by atomic mass is 10.1. The number of amides is 2. The van der Waals surface area contributed by atoms with Crippen LogP contribution in [-0.4, -0.2) is 34.9 Å². The summed E-state index contributed by atoms with van der Waals surface area (Å²) < 4.78 is 0. The number of hydrogen-bond donors (Lipinski definition) is 3. The number of thiophene rings is 1. The van der Waals surface area contributed by atoms with Gasteiger partial charge in [-0.25, -0.2) is 9.97 Å². The summed E-state index contributed by atoms with van der Waals surface area (Å²) in [5, 5.41) is 10.8. The average molecular weight is 410 g/mol. The van der Waals surface area contributed by atoms with Crippen molar-refractivity contribution in [1.82, 2.24) is 15.3 Å². The molecule has 0 radical (unpaired) electrons. The van der Waals surface area contributed by atoms with Crippen molar-refractivity contribution in [2.45, 2.75) is 19.3 Å². The average Bonchev–Trinajstić information content (AvgIpc) is 3.25. The molecule has 1 aromatic carbocycles. The Hall–Kier alpha value is -3.26. The van der Waals surface area contributed by atoms with Crippen LogP contribution in [0.15, 0.2) is 60.2 Å². The monoisotopic (exact) mass is 409 g/mol. The Balaban J connectivity index is 1.40. The van der Waals surface area contributed by atoms with Gasteiger partial charge in [-0.3, -0.25) is 9.59 Å². The van der Waals surface area contributed by atoms with E-state index >= 15 is 0 Å². The summed E-state index contributed by atoms with van der Waals surface area (Å²) in [6.45, 7) is 0.937. The number of aryl methyl sites for hydroxylation is 1. The van der Waals surface area contributed by atoms with E-state index < -0.39 is 0 Å². The minimum absolute atomic E-state index is 0.0498. The van der Waals surface area contributed by atoms with Gasteiger partial charge in [-0.05, 0) is 48.6 Å². The molecule has 0 aliphatic carbocycles. The molecule has 0 aliphatic heterocycles. The maximum absolute atomic E-state index is 12.3. The molecular formula is C21H23N5O2S. The number of hydrogen-bond acceptors (Lipinski definition) is 6. The first-order chi connectivity index (χ1) is 14.2. The fraction of sp³-hybridized carbons (Fsp3) is 0.238. The van der Waals surface area contributed by atoms with Crippen LogP contribution in [0.3, 0.4) is 0 Å². The van der Waals surface area contributed by atoms with Gasteiger partial charge in [0.05, 0.1) is 0 Å². The maximum Gasteiger partial charge on any atom is 0.251 e. The Kier molecular flexibility index (Phi) is 7.71. The summed E-state index contributed by atoms with van der Waals surface area (Å²) in [6.07, 6.45) is 5.44. The summed E-state index contributed by atoms with van der Waals surface area (Å²) in [5.41, 5.74) is 1.12.